The first-order valence-electron chi connectivity index (χ1n) is 6.16. The smallest absolute Gasteiger partial charge is 0.308 e. The molecule has 0 N–H and O–H groups in total. The molecule has 0 aliphatic rings. The molecule has 0 aromatic heterocycles. The molecule has 0 saturated carbocycles. The van der Waals surface area contributed by atoms with Crippen molar-refractivity contribution in [3.8, 4) is 0 Å². The molecule has 0 spiro atoms. The molecule has 3 nitrogen and oxygen atoms in total. The molecule has 1 atom stereocenters. The predicted octanol–water partition coefficient (Wildman–Crippen LogP) is 4.39. The van der Waals surface area contributed by atoms with E-state index in [2.05, 4.69) is 13.0 Å². The van der Waals surface area contributed by atoms with Crippen molar-refractivity contribution in [2.24, 2.45) is 0 Å². The Hall–Kier alpha value is -0.110. The van der Waals surface area contributed by atoms with Gasteiger partial charge in [-0.15, -0.1) is 0 Å². The van der Waals surface area contributed by atoms with Crippen molar-refractivity contribution in [2.75, 3.05) is 13.2 Å². The first-order valence-corrected chi connectivity index (χ1v) is 7.77. The Morgan fingerprint density at radius 2 is 1.75 bits per heavy atom. The van der Waals surface area contributed by atoms with Crippen molar-refractivity contribution in [1.29, 1.82) is 0 Å². The molecule has 0 rings (SSSR count). The van der Waals surface area contributed by atoms with Gasteiger partial charge in [-0.1, -0.05) is 31.9 Å². The lowest BCUT2D eigenvalue weighted by atomic mass is 10.2. The summed E-state index contributed by atoms with van der Waals surface area (Å²) in [5.74, 6) is 0. The molecule has 0 amide bonds. The molecule has 0 heterocycles. The quantitative estimate of drug-likeness (QED) is 0.345. The molecular weight excluding hydrogens is 223 g/mol. The van der Waals surface area contributed by atoms with Gasteiger partial charge < -0.3 is 9.05 Å². The highest BCUT2D eigenvalue weighted by atomic mass is 31.2. The molecule has 4 heteroatoms. The first kappa shape index (κ1) is 15.9. The lowest BCUT2D eigenvalue weighted by Gasteiger charge is -2.20. The number of hydrogen-bond donors (Lipinski definition) is 0. The summed E-state index contributed by atoms with van der Waals surface area (Å²) in [4.78, 5) is 0. The second kappa shape index (κ2) is 8.98. The van der Waals surface area contributed by atoms with Crippen molar-refractivity contribution in [2.45, 2.75) is 52.6 Å². The van der Waals surface area contributed by atoms with E-state index in [0.717, 1.165) is 12.8 Å². The van der Waals surface area contributed by atoms with Crippen LogP contribution in [0.25, 0.3) is 0 Å². The van der Waals surface area contributed by atoms with Crippen molar-refractivity contribution in [3.05, 3.63) is 12.2 Å². The molecule has 0 bridgehead atoms. The van der Waals surface area contributed by atoms with E-state index in [0.29, 0.717) is 13.2 Å². The zero-order valence-corrected chi connectivity index (χ0v) is 11.8. The van der Waals surface area contributed by atoms with Gasteiger partial charge >= 0.3 is 7.60 Å². The topological polar surface area (TPSA) is 35.5 Å². The van der Waals surface area contributed by atoms with Crippen LogP contribution >= 0.6 is 7.60 Å². The molecule has 0 fully saturated rings. The third-order valence-corrected chi connectivity index (χ3v) is 4.66. The maximum absolute atomic E-state index is 12.3. The van der Waals surface area contributed by atoms with E-state index in [9.17, 15) is 4.57 Å². The predicted molar refractivity (Wildman–Crippen MR) is 69.0 cm³/mol. The van der Waals surface area contributed by atoms with Crippen LogP contribution < -0.4 is 0 Å². The molecule has 0 aromatic carbocycles. The second-order valence-electron chi connectivity index (χ2n) is 3.69. The van der Waals surface area contributed by atoms with Crippen LogP contribution in [0.2, 0.25) is 0 Å². The Morgan fingerprint density at radius 3 is 2.19 bits per heavy atom. The van der Waals surface area contributed by atoms with Gasteiger partial charge in [0, 0.05) is 0 Å². The Kier molecular flexibility index (Phi) is 8.91. The fourth-order valence-electron chi connectivity index (χ4n) is 1.35. The van der Waals surface area contributed by atoms with Crippen LogP contribution in [0.5, 0.6) is 0 Å². The van der Waals surface area contributed by atoms with E-state index in [-0.39, 0.29) is 5.66 Å². The number of rotatable bonds is 9. The van der Waals surface area contributed by atoms with Crippen LogP contribution in [0.3, 0.4) is 0 Å². The van der Waals surface area contributed by atoms with E-state index in [1.165, 1.54) is 6.42 Å². The van der Waals surface area contributed by atoms with Crippen LogP contribution in [0.1, 0.15) is 47.0 Å². The Labute approximate surface area is 99.8 Å². The van der Waals surface area contributed by atoms with Crippen LogP contribution in [0.4, 0.5) is 0 Å². The van der Waals surface area contributed by atoms with Gasteiger partial charge in [0.1, 0.15) is 0 Å². The highest BCUT2D eigenvalue weighted by Gasteiger charge is 2.29. The Bertz CT molecular complexity index is 228. The van der Waals surface area contributed by atoms with Gasteiger partial charge in [-0.25, -0.2) is 0 Å². The standard InChI is InChI=1S/C12H25O3P/c1-5-8-9-10-11-12(4)16(13,14-6-2)15-7-3/h10-12H,5-9H2,1-4H3. The highest BCUT2D eigenvalue weighted by molar-refractivity contribution is 7.54. The number of unbranched alkanes of at least 4 members (excludes halogenated alkanes) is 2. The van der Waals surface area contributed by atoms with Gasteiger partial charge in [0.25, 0.3) is 0 Å². The lowest BCUT2D eigenvalue weighted by Crippen LogP contribution is -2.07. The summed E-state index contributed by atoms with van der Waals surface area (Å²) < 4.78 is 22.8. The SMILES string of the molecule is CCCCC=CC(C)P(=O)(OCC)OCC. The Morgan fingerprint density at radius 1 is 1.19 bits per heavy atom. The van der Waals surface area contributed by atoms with Gasteiger partial charge in [-0.05, 0) is 27.2 Å². The number of allylic oxidation sites excluding steroid dienone is 2. The minimum Gasteiger partial charge on any atom is -0.308 e. The molecule has 0 saturated heterocycles. The molecule has 96 valence electrons. The lowest BCUT2D eigenvalue weighted by molar-refractivity contribution is 0.216. The maximum Gasteiger partial charge on any atom is 0.337 e. The molecule has 0 aromatic rings. The van der Waals surface area contributed by atoms with Crippen molar-refractivity contribution < 1.29 is 13.6 Å². The fourth-order valence-corrected chi connectivity index (χ4v) is 2.95. The molecular formula is C12H25O3P. The largest absolute Gasteiger partial charge is 0.337 e. The second-order valence-corrected chi connectivity index (χ2v) is 6.10. The summed E-state index contributed by atoms with van der Waals surface area (Å²) in [6.45, 7) is 8.55. The molecule has 0 aliphatic heterocycles. The average molecular weight is 248 g/mol. The average Bonchev–Trinajstić information content (AvgIpc) is 2.24. The normalized spacial score (nSPS) is 14.5. The third kappa shape index (κ3) is 5.83. The van der Waals surface area contributed by atoms with Crippen molar-refractivity contribution in [3.63, 3.8) is 0 Å². The summed E-state index contributed by atoms with van der Waals surface area (Å²) in [6, 6.07) is 0. The zero-order chi connectivity index (χ0) is 12.4. The van der Waals surface area contributed by atoms with Gasteiger partial charge in [0.2, 0.25) is 0 Å². The van der Waals surface area contributed by atoms with Crippen LogP contribution in [0.15, 0.2) is 12.2 Å². The van der Waals surface area contributed by atoms with Gasteiger partial charge in [-0.3, -0.25) is 4.57 Å². The first-order chi connectivity index (χ1) is 7.60. The van der Waals surface area contributed by atoms with Crippen LogP contribution in [-0.4, -0.2) is 18.9 Å². The van der Waals surface area contributed by atoms with Crippen molar-refractivity contribution >= 4 is 7.60 Å². The minimum absolute atomic E-state index is 0.163. The maximum atomic E-state index is 12.3. The third-order valence-electron chi connectivity index (χ3n) is 2.26. The van der Waals surface area contributed by atoms with Gasteiger partial charge in [0.15, 0.2) is 0 Å². The molecule has 1 unspecified atom stereocenters. The molecule has 0 aliphatic carbocycles. The summed E-state index contributed by atoms with van der Waals surface area (Å²) >= 11 is 0. The van der Waals surface area contributed by atoms with Gasteiger partial charge in [0.05, 0.1) is 18.9 Å². The van der Waals surface area contributed by atoms with E-state index in [4.69, 9.17) is 9.05 Å². The van der Waals surface area contributed by atoms with E-state index < -0.39 is 7.60 Å². The van der Waals surface area contributed by atoms with Crippen LogP contribution in [-0.2, 0) is 13.6 Å². The van der Waals surface area contributed by atoms with Crippen LogP contribution in [0, 0.1) is 0 Å². The molecule has 0 radical (unpaired) electrons. The fraction of sp³-hybridized carbons (Fsp3) is 0.833. The Balaban J connectivity index is 4.31. The van der Waals surface area contributed by atoms with E-state index in [1.54, 1.807) is 0 Å². The summed E-state index contributed by atoms with van der Waals surface area (Å²) in [5, 5.41) is 0. The highest BCUT2D eigenvalue weighted by Crippen LogP contribution is 2.53. The molecule has 16 heavy (non-hydrogen) atoms. The van der Waals surface area contributed by atoms with Gasteiger partial charge in [-0.2, -0.15) is 0 Å². The number of hydrogen-bond acceptors (Lipinski definition) is 3. The zero-order valence-electron chi connectivity index (χ0n) is 10.9. The van der Waals surface area contributed by atoms with Crippen molar-refractivity contribution in [1.82, 2.24) is 0 Å². The summed E-state index contributed by atoms with van der Waals surface area (Å²) in [5.41, 5.74) is -0.163. The minimum atomic E-state index is -2.95. The monoisotopic (exact) mass is 248 g/mol. The van der Waals surface area contributed by atoms with E-state index in [1.807, 2.05) is 26.8 Å². The summed E-state index contributed by atoms with van der Waals surface area (Å²) in [6.07, 6.45) is 7.38. The summed E-state index contributed by atoms with van der Waals surface area (Å²) in [7, 11) is -2.95. The van der Waals surface area contributed by atoms with E-state index >= 15 is 0 Å².